The molecule has 0 aliphatic rings. The van der Waals surface area contributed by atoms with Crippen LogP contribution in [0.2, 0.25) is 0 Å². The van der Waals surface area contributed by atoms with E-state index in [0.717, 1.165) is 5.56 Å². The third kappa shape index (κ3) is 4.46. The van der Waals surface area contributed by atoms with Crippen molar-refractivity contribution in [2.24, 2.45) is 0 Å². The summed E-state index contributed by atoms with van der Waals surface area (Å²) in [7, 11) is 0. The molecule has 0 fully saturated rings. The maximum atomic E-state index is 13.6. The summed E-state index contributed by atoms with van der Waals surface area (Å²) in [4.78, 5) is 13.4. The van der Waals surface area contributed by atoms with Crippen molar-refractivity contribution < 1.29 is 23.1 Å². The smallest absolute Gasteiger partial charge is 0.322 e. The van der Waals surface area contributed by atoms with E-state index in [1.165, 1.54) is 4.90 Å². The van der Waals surface area contributed by atoms with Crippen LogP contribution >= 0.6 is 0 Å². The number of rotatable bonds is 5. The van der Waals surface area contributed by atoms with E-state index in [9.17, 15) is 18.0 Å². The predicted octanol–water partition coefficient (Wildman–Crippen LogP) is 3.13. The zero-order valence-corrected chi connectivity index (χ0v) is 12.1. The number of anilines is 1. The average Bonchev–Trinajstić information content (AvgIpc) is 2.53. The van der Waals surface area contributed by atoms with Crippen LogP contribution in [-0.2, 0) is 6.54 Å². The van der Waals surface area contributed by atoms with Crippen molar-refractivity contribution in [2.75, 3.05) is 18.5 Å². The highest BCUT2D eigenvalue weighted by Crippen LogP contribution is 2.19. The molecule has 2 aromatic carbocycles. The van der Waals surface area contributed by atoms with Crippen LogP contribution in [0.5, 0.6) is 0 Å². The van der Waals surface area contributed by atoms with Crippen molar-refractivity contribution in [1.29, 1.82) is 0 Å². The largest absolute Gasteiger partial charge is 0.395 e. The lowest BCUT2D eigenvalue weighted by atomic mass is 10.2. The molecule has 0 radical (unpaired) electrons. The number of amides is 2. The SMILES string of the molecule is O=C(Nc1cc(F)c(F)cc1F)N(CCO)Cc1ccccc1. The Morgan fingerprint density at radius 1 is 1.04 bits per heavy atom. The van der Waals surface area contributed by atoms with Crippen LogP contribution in [0, 0.1) is 17.5 Å². The first-order valence-corrected chi connectivity index (χ1v) is 6.86. The molecule has 0 unspecified atom stereocenters. The van der Waals surface area contributed by atoms with Gasteiger partial charge in [0.1, 0.15) is 5.82 Å². The summed E-state index contributed by atoms with van der Waals surface area (Å²) in [5.41, 5.74) is 0.340. The summed E-state index contributed by atoms with van der Waals surface area (Å²) < 4.78 is 39.6. The number of halogens is 3. The van der Waals surface area contributed by atoms with Gasteiger partial charge < -0.3 is 15.3 Å². The molecule has 0 atom stereocenters. The van der Waals surface area contributed by atoms with Crippen molar-refractivity contribution in [1.82, 2.24) is 4.90 Å². The molecule has 2 N–H and O–H groups in total. The Balaban J connectivity index is 2.13. The number of aliphatic hydroxyl groups is 1. The van der Waals surface area contributed by atoms with Crippen molar-refractivity contribution in [2.45, 2.75) is 6.54 Å². The van der Waals surface area contributed by atoms with Crippen molar-refractivity contribution in [3.63, 3.8) is 0 Å². The summed E-state index contributed by atoms with van der Waals surface area (Å²) in [6.45, 7) is -0.106. The number of nitrogens with zero attached hydrogens (tertiary/aromatic N) is 1. The predicted molar refractivity (Wildman–Crippen MR) is 79.3 cm³/mol. The normalized spacial score (nSPS) is 10.4. The zero-order valence-electron chi connectivity index (χ0n) is 12.1. The van der Waals surface area contributed by atoms with Gasteiger partial charge in [0, 0.05) is 25.2 Å². The molecule has 2 rings (SSSR count). The zero-order chi connectivity index (χ0) is 16.8. The fraction of sp³-hybridized carbons (Fsp3) is 0.188. The first-order valence-electron chi connectivity index (χ1n) is 6.86. The number of carbonyl (C=O) groups is 1. The van der Waals surface area contributed by atoms with E-state index in [2.05, 4.69) is 5.32 Å². The Hall–Kier alpha value is -2.54. The number of aliphatic hydroxyl groups excluding tert-OH is 1. The Kier molecular flexibility index (Phi) is 5.59. The number of nitrogens with one attached hydrogen (secondary N) is 1. The molecule has 0 spiro atoms. The van der Waals surface area contributed by atoms with E-state index in [1.807, 2.05) is 6.07 Å². The van der Waals surface area contributed by atoms with Crippen molar-refractivity contribution >= 4 is 11.7 Å². The number of hydrogen-bond donors (Lipinski definition) is 2. The van der Waals surface area contributed by atoms with Gasteiger partial charge in [-0.25, -0.2) is 18.0 Å². The van der Waals surface area contributed by atoms with Crippen LogP contribution in [0.25, 0.3) is 0 Å². The van der Waals surface area contributed by atoms with Gasteiger partial charge >= 0.3 is 6.03 Å². The molecule has 23 heavy (non-hydrogen) atoms. The van der Waals surface area contributed by atoms with E-state index in [4.69, 9.17) is 5.11 Å². The van der Waals surface area contributed by atoms with Gasteiger partial charge in [0.05, 0.1) is 12.3 Å². The summed E-state index contributed by atoms with van der Waals surface area (Å²) in [6, 6.07) is 9.18. The van der Waals surface area contributed by atoms with Gasteiger partial charge in [0.25, 0.3) is 0 Å². The highest BCUT2D eigenvalue weighted by atomic mass is 19.2. The van der Waals surface area contributed by atoms with Gasteiger partial charge in [-0.1, -0.05) is 30.3 Å². The highest BCUT2D eigenvalue weighted by molar-refractivity contribution is 5.89. The van der Waals surface area contributed by atoms with Gasteiger partial charge in [0.15, 0.2) is 11.6 Å². The topological polar surface area (TPSA) is 52.6 Å². The molecule has 4 nitrogen and oxygen atoms in total. The molecule has 0 aromatic heterocycles. The molecule has 0 heterocycles. The minimum absolute atomic E-state index is 0.00598. The first-order chi connectivity index (χ1) is 11.0. The number of benzene rings is 2. The lowest BCUT2D eigenvalue weighted by molar-refractivity contribution is 0.185. The van der Waals surface area contributed by atoms with E-state index < -0.39 is 29.2 Å². The van der Waals surface area contributed by atoms with E-state index in [-0.39, 0.29) is 19.7 Å². The Morgan fingerprint density at radius 2 is 1.70 bits per heavy atom. The maximum absolute atomic E-state index is 13.6. The number of carbonyl (C=O) groups excluding carboxylic acids is 1. The molecule has 0 saturated carbocycles. The van der Waals surface area contributed by atoms with Gasteiger partial charge in [-0.05, 0) is 5.56 Å². The highest BCUT2D eigenvalue weighted by Gasteiger charge is 2.17. The van der Waals surface area contributed by atoms with Crippen LogP contribution in [0.3, 0.4) is 0 Å². The van der Waals surface area contributed by atoms with Gasteiger partial charge in [-0.3, -0.25) is 0 Å². The second-order valence-electron chi connectivity index (χ2n) is 4.81. The minimum Gasteiger partial charge on any atom is -0.395 e. The van der Waals surface area contributed by atoms with Crippen LogP contribution in [0.1, 0.15) is 5.56 Å². The summed E-state index contributed by atoms with van der Waals surface area (Å²) in [5, 5.41) is 11.2. The molecule has 2 aromatic rings. The Labute approximate surface area is 131 Å². The fourth-order valence-electron chi connectivity index (χ4n) is 1.99. The van der Waals surface area contributed by atoms with E-state index in [1.54, 1.807) is 24.3 Å². The number of hydrogen-bond acceptors (Lipinski definition) is 2. The van der Waals surface area contributed by atoms with Crippen molar-refractivity contribution in [3.05, 3.63) is 65.5 Å². The molecular formula is C16H15F3N2O2. The van der Waals surface area contributed by atoms with Crippen LogP contribution in [0.4, 0.5) is 23.7 Å². The van der Waals surface area contributed by atoms with E-state index >= 15 is 0 Å². The quantitative estimate of drug-likeness (QED) is 0.830. The second kappa shape index (κ2) is 7.64. The molecule has 122 valence electrons. The van der Waals surface area contributed by atoms with E-state index in [0.29, 0.717) is 12.1 Å². The second-order valence-corrected chi connectivity index (χ2v) is 4.81. The standard InChI is InChI=1S/C16H15F3N2O2/c17-12-8-14(19)15(9-13(12)18)20-16(23)21(6-7-22)10-11-4-2-1-3-5-11/h1-5,8-9,22H,6-7,10H2,(H,20,23). The molecule has 0 bridgehead atoms. The maximum Gasteiger partial charge on any atom is 0.322 e. The van der Waals surface area contributed by atoms with Crippen molar-refractivity contribution in [3.8, 4) is 0 Å². The average molecular weight is 324 g/mol. The molecule has 0 aliphatic carbocycles. The summed E-state index contributed by atoms with van der Waals surface area (Å²) in [6.07, 6.45) is 0. The molecule has 2 amide bonds. The third-order valence-corrected chi connectivity index (χ3v) is 3.12. The van der Waals surface area contributed by atoms with Crippen LogP contribution in [-0.4, -0.2) is 29.2 Å². The minimum atomic E-state index is -1.34. The lowest BCUT2D eigenvalue weighted by Gasteiger charge is -2.22. The fourth-order valence-corrected chi connectivity index (χ4v) is 1.99. The summed E-state index contributed by atoms with van der Waals surface area (Å²) in [5.74, 6) is -3.68. The first kappa shape index (κ1) is 16.8. The van der Waals surface area contributed by atoms with Gasteiger partial charge in [-0.2, -0.15) is 0 Å². The van der Waals surface area contributed by atoms with Gasteiger partial charge in [0.2, 0.25) is 0 Å². The molecule has 0 saturated heterocycles. The number of urea groups is 1. The molecule has 0 aliphatic heterocycles. The van der Waals surface area contributed by atoms with Crippen LogP contribution < -0.4 is 5.32 Å². The monoisotopic (exact) mass is 324 g/mol. The Bertz CT molecular complexity index is 681. The van der Waals surface area contributed by atoms with Crippen LogP contribution in [0.15, 0.2) is 42.5 Å². The molecule has 7 heteroatoms. The summed E-state index contributed by atoms with van der Waals surface area (Å²) >= 11 is 0. The Morgan fingerprint density at radius 3 is 2.35 bits per heavy atom. The third-order valence-electron chi connectivity index (χ3n) is 3.12. The molecular weight excluding hydrogens is 309 g/mol. The lowest BCUT2D eigenvalue weighted by Crippen LogP contribution is -2.36. The van der Waals surface area contributed by atoms with Gasteiger partial charge in [-0.15, -0.1) is 0 Å².